The Kier molecular flexibility index (Phi) is 10.5. The molecule has 1 N–H and O–H groups in total. The van der Waals surface area contributed by atoms with Crippen LogP contribution in [-0.2, 0) is 4.79 Å². The monoisotopic (exact) mass is 230 g/mol. The molecule has 0 fully saturated rings. The minimum atomic E-state index is -0.711. The number of carboxylic acid groups (broad SMARTS) is 1. The molecule has 2 nitrogen and oxygen atoms in total. The molecule has 0 aromatic rings. The third-order valence-electron chi connectivity index (χ3n) is 0.464. The third-order valence-corrected chi connectivity index (χ3v) is 0.464. The molecule has 0 rings (SSSR count). The molecule has 0 bridgehead atoms. The fourth-order valence-corrected chi connectivity index (χ4v) is 0.214. The molecule has 7 heavy (non-hydrogen) atoms. The van der Waals surface area contributed by atoms with E-state index in [1.165, 1.54) is 0 Å². The molecular weight excluding hydrogens is 224 g/mol. The van der Waals surface area contributed by atoms with Crippen molar-refractivity contribution in [3.05, 3.63) is 0 Å². The van der Waals surface area contributed by atoms with Crippen LogP contribution in [0.15, 0.2) is 0 Å². The molecular formula is C4H8NdO2. The van der Waals surface area contributed by atoms with Crippen LogP contribution in [-0.4, -0.2) is 11.1 Å². The van der Waals surface area contributed by atoms with Crippen LogP contribution in [0, 0.1) is 40.8 Å². The first kappa shape index (κ1) is 10.7. The van der Waals surface area contributed by atoms with Crippen molar-refractivity contribution >= 4 is 5.97 Å². The second kappa shape index (κ2) is 6.82. The zero-order chi connectivity index (χ0) is 4.99. The Bertz CT molecular complexity index is 53.7. The Morgan fingerprint density at radius 2 is 2.14 bits per heavy atom. The molecule has 0 radical (unpaired) electrons. The average Bonchev–Trinajstić information content (AvgIpc) is 1.35. The van der Waals surface area contributed by atoms with Gasteiger partial charge in [0.2, 0.25) is 0 Å². The maximum Gasteiger partial charge on any atom is 0.303 e. The zero-order valence-electron chi connectivity index (χ0n) is 4.27. The predicted octanol–water partition coefficient (Wildman–Crippen LogP) is 0.871. The second-order valence-electron chi connectivity index (χ2n) is 1.14. The van der Waals surface area contributed by atoms with Crippen molar-refractivity contribution in [2.75, 3.05) is 0 Å². The Hall–Kier alpha value is 0.821. The van der Waals surface area contributed by atoms with Gasteiger partial charge in [-0.1, -0.05) is 6.92 Å². The molecule has 3 heteroatoms. The van der Waals surface area contributed by atoms with Gasteiger partial charge in [0, 0.05) is 47.3 Å². The number of carboxylic acids is 1. The maximum absolute atomic E-state index is 9.60. The first-order chi connectivity index (χ1) is 2.77. The van der Waals surface area contributed by atoms with E-state index in [2.05, 4.69) is 0 Å². The molecule has 40 valence electrons. The number of hydrogen-bond acceptors (Lipinski definition) is 1. The van der Waals surface area contributed by atoms with Gasteiger partial charge in [-0.3, -0.25) is 4.79 Å². The molecule has 0 atom stereocenters. The summed E-state index contributed by atoms with van der Waals surface area (Å²) in [7, 11) is 0. The molecule has 0 aliphatic rings. The van der Waals surface area contributed by atoms with Gasteiger partial charge in [0.25, 0.3) is 0 Å². The maximum atomic E-state index is 9.60. The fourth-order valence-electron chi connectivity index (χ4n) is 0.214. The molecule has 0 aromatic carbocycles. The van der Waals surface area contributed by atoms with E-state index in [-0.39, 0.29) is 40.8 Å². The van der Waals surface area contributed by atoms with Crippen LogP contribution in [0.3, 0.4) is 0 Å². The number of carbonyl (C=O) groups is 1. The first-order valence-corrected chi connectivity index (χ1v) is 1.99. The van der Waals surface area contributed by atoms with Crippen molar-refractivity contribution in [2.45, 2.75) is 19.8 Å². The molecule has 0 saturated carbocycles. The van der Waals surface area contributed by atoms with Crippen molar-refractivity contribution in [1.29, 1.82) is 0 Å². The summed E-state index contributed by atoms with van der Waals surface area (Å²) in [6.45, 7) is 1.84. The Morgan fingerprint density at radius 1 is 1.71 bits per heavy atom. The van der Waals surface area contributed by atoms with E-state index >= 15 is 0 Å². The molecule has 0 aromatic heterocycles. The van der Waals surface area contributed by atoms with E-state index in [0.717, 1.165) is 6.42 Å². The minimum absolute atomic E-state index is 0. The fraction of sp³-hybridized carbons (Fsp3) is 0.750. The van der Waals surface area contributed by atoms with Crippen LogP contribution in [0.4, 0.5) is 0 Å². The van der Waals surface area contributed by atoms with Gasteiger partial charge in [-0.05, 0) is 6.42 Å². The predicted molar refractivity (Wildman–Crippen MR) is 22.5 cm³/mol. The third kappa shape index (κ3) is 10.9. The number of rotatable bonds is 2. The van der Waals surface area contributed by atoms with Gasteiger partial charge >= 0.3 is 5.97 Å². The van der Waals surface area contributed by atoms with Crippen molar-refractivity contribution in [3.63, 3.8) is 0 Å². The van der Waals surface area contributed by atoms with Crippen molar-refractivity contribution in [3.8, 4) is 0 Å². The summed E-state index contributed by atoms with van der Waals surface area (Å²) in [6, 6.07) is 0. The SMILES string of the molecule is CCCC(=O)O.[Nd]. The summed E-state index contributed by atoms with van der Waals surface area (Å²) < 4.78 is 0. The van der Waals surface area contributed by atoms with Crippen molar-refractivity contribution in [2.24, 2.45) is 0 Å². The summed E-state index contributed by atoms with van der Waals surface area (Å²) in [5, 5.41) is 7.91. The average molecular weight is 232 g/mol. The van der Waals surface area contributed by atoms with Gasteiger partial charge in [-0.15, -0.1) is 0 Å². The molecule has 0 spiro atoms. The van der Waals surface area contributed by atoms with Crippen LogP contribution < -0.4 is 0 Å². The topological polar surface area (TPSA) is 37.3 Å². The molecule has 0 aliphatic heterocycles. The standard InChI is InChI=1S/C4H8O2.Nd/c1-2-3-4(5)6;/h2-3H2,1H3,(H,5,6);. The van der Waals surface area contributed by atoms with E-state index in [4.69, 9.17) is 5.11 Å². The van der Waals surface area contributed by atoms with Crippen LogP contribution in [0.5, 0.6) is 0 Å². The molecule has 0 saturated heterocycles. The summed E-state index contributed by atoms with van der Waals surface area (Å²) in [4.78, 5) is 9.60. The molecule has 0 heterocycles. The Labute approximate surface area is 75.8 Å². The number of hydrogen-bond donors (Lipinski definition) is 1. The van der Waals surface area contributed by atoms with Crippen molar-refractivity contribution < 1.29 is 50.7 Å². The van der Waals surface area contributed by atoms with E-state index in [1.807, 2.05) is 6.92 Å². The first-order valence-electron chi connectivity index (χ1n) is 1.99. The quantitative estimate of drug-likeness (QED) is 0.767. The van der Waals surface area contributed by atoms with E-state index < -0.39 is 5.97 Å². The summed E-state index contributed by atoms with van der Waals surface area (Å²) in [6.07, 6.45) is 1.02. The van der Waals surface area contributed by atoms with Crippen LogP contribution >= 0.6 is 0 Å². The van der Waals surface area contributed by atoms with Crippen molar-refractivity contribution in [1.82, 2.24) is 0 Å². The van der Waals surface area contributed by atoms with Crippen LogP contribution in [0.1, 0.15) is 19.8 Å². The largest absolute Gasteiger partial charge is 0.481 e. The Balaban J connectivity index is 0. The number of aliphatic carboxylic acids is 1. The van der Waals surface area contributed by atoms with Gasteiger partial charge in [0.15, 0.2) is 0 Å². The molecule has 0 unspecified atom stereocenters. The normalized spacial score (nSPS) is 7.00. The smallest absolute Gasteiger partial charge is 0.303 e. The van der Waals surface area contributed by atoms with Gasteiger partial charge in [0.05, 0.1) is 0 Å². The summed E-state index contributed by atoms with van der Waals surface area (Å²) in [5.74, 6) is -0.711. The Morgan fingerprint density at radius 3 is 2.14 bits per heavy atom. The molecule has 0 amide bonds. The van der Waals surface area contributed by atoms with Gasteiger partial charge in [-0.2, -0.15) is 0 Å². The van der Waals surface area contributed by atoms with E-state index in [1.54, 1.807) is 0 Å². The minimum Gasteiger partial charge on any atom is -0.481 e. The van der Waals surface area contributed by atoms with Gasteiger partial charge in [0.1, 0.15) is 0 Å². The van der Waals surface area contributed by atoms with Gasteiger partial charge < -0.3 is 5.11 Å². The summed E-state index contributed by atoms with van der Waals surface area (Å²) >= 11 is 0. The van der Waals surface area contributed by atoms with E-state index in [0.29, 0.717) is 6.42 Å². The van der Waals surface area contributed by atoms with Crippen LogP contribution in [0.25, 0.3) is 0 Å². The second-order valence-corrected chi connectivity index (χ2v) is 1.14. The van der Waals surface area contributed by atoms with E-state index in [9.17, 15) is 4.79 Å². The molecule has 0 aliphatic carbocycles. The zero-order valence-corrected chi connectivity index (χ0v) is 7.48. The van der Waals surface area contributed by atoms with Crippen LogP contribution in [0.2, 0.25) is 0 Å². The van der Waals surface area contributed by atoms with Gasteiger partial charge in [-0.25, -0.2) is 0 Å². The summed E-state index contributed by atoms with van der Waals surface area (Å²) in [5.41, 5.74) is 0.